The molecule has 0 saturated carbocycles. The summed E-state index contributed by atoms with van der Waals surface area (Å²) in [4.78, 5) is 11.6. The summed E-state index contributed by atoms with van der Waals surface area (Å²) < 4.78 is 2.17. The summed E-state index contributed by atoms with van der Waals surface area (Å²) in [6, 6.07) is 4.47. The van der Waals surface area contributed by atoms with Crippen molar-refractivity contribution >= 4 is 0 Å². The van der Waals surface area contributed by atoms with Gasteiger partial charge in [0.2, 0.25) is 0 Å². The first-order valence-corrected chi connectivity index (χ1v) is 9.30. The zero-order valence-electron chi connectivity index (χ0n) is 15.0. The van der Waals surface area contributed by atoms with Crippen LogP contribution in [0.5, 0.6) is 0 Å². The Bertz CT molecular complexity index is 622. The number of nitrogens with zero attached hydrogens (tertiary/aromatic N) is 5. The highest BCUT2D eigenvalue weighted by molar-refractivity contribution is 5.15. The molecule has 3 heterocycles. The molecule has 0 spiro atoms. The van der Waals surface area contributed by atoms with Gasteiger partial charge in [-0.3, -0.25) is 9.88 Å². The van der Waals surface area contributed by atoms with Gasteiger partial charge in [0.15, 0.2) is 5.82 Å². The first kappa shape index (κ1) is 17.1. The fourth-order valence-electron chi connectivity index (χ4n) is 3.46. The molecule has 1 unspecified atom stereocenters. The van der Waals surface area contributed by atoms with Crippen molar-refractivity contribution in [2.75, 3.05) is 13.6 Å². The van der Waals surface area contributed by atoms with Gasteiger partial charge in [0.05, 0.1) is 6.04 Å². The number of hydrogen-bond donors (Lipinski definition) is 0. The van der Waals surface area contributed by atoms with Crippen LogP contribution in [0.3, 0.4) is 0 Å². The lowest BCUT2D eigenvalue weighted by atomic mass is 10.1. The molecule has 0 amide bonds. The minimum Gasteiger partial charge on any atom is -0.297 e. The molecule has 2 aromatic rings. The number of hydrogen-bond acceptors (Lipinski definition) is 4. The van der Waals surface area contributed by atoms with E-state index in [1.165, 1.54) is 37.7 Å². The van der Waals surface area contributed by atoms with Crippen molar-refractivity contribution in [2.45, 2.75) is 64.5 Å². The van der Waals surface area contributed by atoms with Crippen LogP contribution >= 0.6 is 0 Å². The molecule has 130 valence electrons. The van der Waals surface area contributed by atoms with Crippen molar-refractivity contribution in [3.8, 4) is 0 Å². The Morgan fingerprint density at radius 3 is 2.96 bits per heavy atom. The average Bonchev–Trinajstić information content (AvgIpc) is 2.86. The average molecular weight is 327 g/mol. The Labute approximate surface area is 145 Å². The van der Waals surface area contributed by atoms with Crippen LogP contribution in [-0.4, -0.2) is 38.2 Å². The molecule has 1 atom stereocenters. The van der Waals surface area contributed by atoms with E-state index in [4.69, 9.17) is 10.1 Å². The smallest absolute Gasteiger partial charge is 0.155 e. The zero-order valence-corrected chi connectivity index (χ0v) is 15.0. The molecule has 0 bridgehead atoms. The van der Waals surface area contributed by atoms with Gasteiger partial charge in [-0.1, -0.05) is 32.3 Å². The van der Waals surface area contributed by atoms with E-state index in [2.05, 4.69) is 34.6 Å². The van der Waals surface area contributed by atoms with Gasteiger partial charge in [-0.15, -0.1) is 0 Å². The van der Waals surface area contributed by atoms with Crippen LogP contribution in [-0.2, 0) is 13.0 Å². The number of aryl methyl sites for hydroxylation is 1. The van der Waals surface area contributed by atoms with E-state index < -0.39 is 0 Å². The molecule has 1 fully saturated rings. The maximum Gasteiger partial charge on any atom is 0.155 e. The summed E-state index contributed by atoms with van der Waals surface area (Å²) in [6.45, 7) is 4.35. The van der Waals surface area contributed by atoms with Gasteiger partial charge in [-0.25, -0.2) is 9.67 Å². The molecular formula is C19H29N5. The monoisotopic (exact) mass is 327 g/mol. The predicted molar refractivity (Wildman–Crippen MR) is 95.8 cm³/mol. The highest BCUT2D eigenvalue weighted by Crippen LogP contribution is 2.28. The van der Waals surface area contributed by atoms with Crippen molar-refractivity contribution in [3.05, 3.63) is 41.7 Å². The molecule has 5 nitrogen and oxygen atoms in total. The molecule has 0 radical (unpaired) electrons. The van der Waals surface area contributed by atoms with Gasteiger partial charge >= 0.3 is 0 Å². The van der Waals surface area contributed by atoms with Crippen LogP contribution in [0.2, 0.25) is 0 Å². The largest absolute Gasteiger partial charge is 0.297 e. The van der Waals surface area contributed by atoms with E-state index in [-0.39, 0.29) is 0 Å². The van der Waals surface area contributed by atoms with E-state index in [1.807, 2.05) is 18.5 Å². The Morgan fingerprint density at radius 1 is 1.25 bits per heavy atom. The molecule has 1 aliphatic heterocycles. The van der Waals surface area contributed by atoms with Crippen molar-refractivity contribution in [1.82, 2.24) is 24.6 Å². The molecule has 0 N–H and O–H groups in total. The number of likely N-dealkylation sites (tertiary alicyclic amines) is 1. The maximum atomic E-state index is 4.96. The normalized spacial score (nSPS) is 19.3. The minimum atomic E-state index is 0.402. The lowest BCUT2D eigenvalue weighted by Gasteiger charge is -2.25. The summed E-state index contributed by atoms with van der Waals surface area (Å²) in [7, 11) is 2.23. The lowest BCUT2D eigenvalue weighted by molar-refractivity contribution is 0.232. The van der Waals surface area contributed by atoms with Crippen LogP contribution in [0.4, 0.5) is 0 Å². The summed E-state index contributed by atoms with van der Waals surface area (Å²) in [5.41, 5.74) is 1.17. The third-order valence-corrected chi connectivity index (χ3v) is 4.87. The van der Waals surface area contributed by atoms with Crippen molar-refractivity contribution in [3.63, 3.8) is 0 Å². The van der Waals surface area contributed by atoms with Crippen LogP contribution in [0.1, 0.15) is 68.7 Å². The van der Waals surface area contributed by atoms with Crippen LogP contribution < -0.4 is 0 Å². The predicted octanol–water partition coefficient (Wildman–Crippen LogP) is 3.61. The van der Waals surface area contributed by atoms with Gasteiger partial charge in [0.1, 0.15) is 5.82 Å². The number of unbranched alkanes of at least 4 members (excludes halogenated alkanes) is 1. The highest BCUT2D eigenvalue weighted by Gasteiger charge is 2.25. The standard InChI is InChI=1S/C19H29N5/c1-3-4-13-24-19(17-10-6-5-7-12-23(17)2)21-18(22-24)14-16-9-8-11-20-15-16/h8-9,11,15,17H,3-7,10,12-14H2,1-2H3. The van der Waals surface area contributed by atoms with E-state index in [9.17, 15) is 0 Å². The second-order valence-corrected chi connectivity index (χ2v) is 6.85. The third kappa shape index (κ3) is 4.20. The summed E-state index contributed by atoms with van der Waals surface area (Å²) in [6.07, 6.45) is 11.9. The van der Waals surface area contributed by atoms with Gasteiger partial charge < -0.3 is 0 Å². The summed E-state index contributed by atoms with van der Waals surface area (Å²) >= 11 is 0. The van der Waals surface area contributed by atoms with Gasteiger partial charge in [0, 0.05) is 25.4 Å². The molecular weight excluding hydrogens is 298 g/mol. The maximum absolute atomic E-state index is 4.96. The van der Waals surface area contributed by atoms with Crippen LogP contribution in [0.15, 0.2) is 24.5 Å². The molecule has 1 aliphatic rings. The molecule has 3 rings (SSSR count). The summed E-state index contributed by atoms with van der Waals surface area (Å²) in [5.74, 6) is 2.08. The number of pyridine rings is 1. The van der Waals surface area contributed by atoms with E-state index in [0.29, 0.717) is 6.04 Å². The van der Waals surface area contributed by atoms with Crippen LogP contribution in [0, 0.1) is 0 Å². The Morgan fingerprint density at radius 2 is 2.17 bits per heavy atom. The van der Waals surface area contributed by atoms with Crippen molar-refractivity contribution in [2.24, 2.45) is 0 Å². The summed E-state index contributed by atoms with van der Waals surface area (Å²) in [5, 5.41) is 4.83. The van der Waals surface area contributed by atoms with Gasteiger partial charge in [0.25, 0.3) is 0 Å². The van der Waals surface area contributed by atoms with E-state index in [1.54, 1.807) is 0 Å². The fourth-order valence-corrected chi connectivity index (χ4v) is 3.46. The topological polar surface area (TPSA) is 46.8 Å². The lowest BCUT2D eigenvalue weighted by Crippen LogP contribution is -2.27. The molecule has 24 heavy (non-hydrogen) atoms. The quantitative estimate of drug-likeness (QED) is 0.813. The van der Waals surface area contributed by atoms with E-state index >= 15 is 0 Å². The van der Waals surface area contributed by atoms with Crippen molar-refractivity contribution < 1.29 is 0 Å². The van der Waals surface area contributed by atoms with Gasteiger partial charge in [-0.2, -0.15) is 5.10 Å². The van der Waals surface area contributed by atoms with Gasteiger partial charge in [-0.05, 0) is 44.5 Å². The van der Waals surface area contributed by atoms with Crippen LogP contribution in [0.25, 0.3) is 0 Å². The number of aromatic nitrogens is 4. The molecule has 2 aromatic heterocycles. The minimum absolute atomic E-state index is 0.402. The second-order valence-electron chi connectivity index (χ2n) is 6.85. The highest BCUT2D eigenvalue weighted by atomic mass is 15.4. The first-order chi connectivity index (χ1) is 11.8. The molecule has 0 aliphatic carbocycles. The Kier molecular flexibility index (Phi) is 5.96. The molecule has 1 saturated heterocycles. The van der Waals surface area contributed by atoms with E-state index in [0.717, 1.165) is 37.6 Å². The second kappa shape index (κ2) is 8.38. The molecule has 5 heteroatoms. The first-order valence-electron chi connectivity index (χ1n) is 9.30. The SMILES string of the molecule is CCCCn1nc(Cc2cccnc2)nc1C1CCCCCN1C. The fraction of sp³-hybridized carbons (Fsp3) is 0.632. The zero-order chi connectivity index (χ0) is 16.8. The molecule has 0 aromatic carbocycles. The Hall–Kier alpha value is -1.75. The third-order valence-electron chi connectivity index (χ3n) is 4.87. The van der Waals surface area contributed by atoms with Crippen molar-refractivity contribution in [1.29, 1.82) is 0 Å². The number of rotatable bonds is 6. The Balaban J connectivity index is 1.85.